The van der Waals surface area contributed by atoms with Crippen LogP contribution in [0.4, 0.5) is 0 Å². The molecule has 0 saturated carbocycles. The highest BCUT2D eigenvalue weighted by molar-refractivity contribution is 7.89. The summed E-state index contributed by atoms with van der Waals surface area (Å²) >= 11 is 0. The molecule has 0 amide bonds. The Morgan fingerprint density at radius 2 is 1.79 bits per heavy atom. The molecule has 1 atom stereocenters. The Morgan fingerprint density at radius 1 is 1.07 bits per heavy atom. The lowest BCUT2D eigenvalue weighted by molar-refractivity contribution is 0.246. The van der Waals surface area contributed by atoms with Crippen molar-refractivity contribution in [3.8, 4) is 5.75 Å². The molecule has 152 valence electrons. The molecule has 1 aliphatic heterocycles. The van der Waals surface area contributed by atoms with Gasteiger partial charge in [-0.05, 0) is 55.8 Å². The largest absolute Gasteiger partial charge is 0.497 e. The van der Waals surface area contributed by atoms with Crippen LogP contribution in [0.1, 0.15) is 24.4 Å². The van der Waals surface area contributed by atoms with Crippen molar-refractivity contribution in [1.82, 2.24) is 14.6 Å². The van der Waals surface area contributed by atoms with Crippen molar-refractivity contribution >= 4 is 20.9 Å². The van der Waals surface area contributed by atoms with Gasteiger partial charge in [0.05, 0.1) is 12.6 Å². The minimum Gasteiger partial charge on any atom is -0.497 e. The number of sulfonamides is 1. The van der Waals surface area contributed by atoms with E-state index in [1.807, 2.05) is 36.4 Å². The van der Waals surface area contributed by atoms with Crippen LogP contribution in [0.2, 0.25) is 0 Å². The molecular formula is C22H25N3O3S. The molecule has 1 N–H and O–H groups in total. The summed E-state index contributed by atoms with van der Waals surface area (Å²) in [5.74, 6) is 0.788. The van der Waals surface area contributed by atoms with Crippen molar-refractivity contribution in [2.45, 2.75) is 23.8 Å². The monoisotopic (exact) mass is 411 g/mol. The Hall–Kier alpha value is -2.48. The minimum atomic E-state index is -3.70. The van der Waals surface area contributed by atoms with Crippen LogP contribution in [0.5, 0.6) is 5.75 Å². The predicted octanol–water partition coefficient (Wildman–Crippen LogP) is 3.36. The number of pyridine rings is 1. The minimum absolute atomic E-state index is 0.0267. The average Bonchev–Trinajstić information content (AvgIpc) is 3.28. The fourth-order valence-electron chi connectivity index (χ4n) is 3.90. The number of ether oxygens (including phenoxy) is 1. The van der Waals surface area contributed by atoms with Crippen molar-refractivity contribution < 1.29 is 13.2 Å². The normalized spacial score (nSPS) is 16.2. The third-order valence-electron chi connectivity index (χ3n) is 5.43. The number of fused-ring (bicyclic) bond motifs is 1. The SMILES string of the molecule is COc1ccc([C@H](CNS(=O)(=O)c2cccc3cccnc23)N2CCCC2)cc1. The number of nitrogens with zero attached hydrogens (tertiary/aromatic N) is 2. The number of para-hydroxylation sites is 1. The molecule has 7 heteroatoms. The molecule has 3 aromatic rings. The van der Waals surface area contributed by atoms with Gasteiger partial charge in [0.1, 0.15) is 10.6 Å². The highest BCUT2D eigenvalue weighted by atomic mass is 32.2. The van der Waals surface area contributed by atoms with E-state index >= 15 is 0 Å². The molecule has 0 unspecified atom stereocenters. The van der Waals surface area contributed by atoms with E-state index in [1.54, 1.807) is 31.5 Å². The van der Waals surface area contributed by atoms with Gasteiger partial charge < -0.3 is 4.74 Å². The standard InChI is InChI=1S/C22H25N3O3S/c1-28-19-11-9-17(10-12-19)20(25-14-2-3-15-25)16-24-29(26,27)21-8-4-6-18-7-5-13-23-22(18)21/h4-13,20,24H,2-3,14-16H2,1H3/t20-/m0/s1. The summed E-state index contributed by atoms with van der Waals surface area (Å²) in [5, 5.41) is 0.807. The second kappa shape index (κ2) is 8.49. The quantitative estimate of drug-likeness (QED) is 0.646. The molecule has 0 radical (unpaired) electrons. The Morgan fingerprint density at radius 3 is 2.52 bits per heavy atom. The van der Waals surface area contributed by atoms with E-state index < -0.39 is 10.0 Å². The maximum atomic E-state index is 13.1. The Labute approximate surface area is 171 Å². The van der Waals surface area contributed by atoms with Gasteiger partial charge in [-0.25, -0.2) is 13.1 Å². The maximum absolute atomic E-state index is 13.1. The van der Waals surface area contributed by atoms with Crippen LogP contribution in [0.25, 0.3) is 10.9 Å². The zero-order valence-corrected chi connectivity index (χ0v) is 17.2. The van der Waals surface area contributed by atoms with Crippen LogP contribution in [0, 0.1) is 0 Å². The molecular weight excluding hydrogens is 386 g/mol. The van der Waals surface area contributed by atoms with Crippen molar-refractivity contribution in [2.24, 2.45) is 0 Å². The highest BCUT2D eigenvalue weighted by Gasteiger charge is 2.26. The molecule has 1 saturated heterocycles. The van der Waals surface area contributed by atoms with E-state index in [-0.39, 0.29) is 10.9 Å². The summed E-state index contributed by atoms with van der Waals surface area (Å²) in [5.41, 5.74) is 1.57. The Kier molecular flexibility index (Phi) is 5.80. The first-order valence-corrected chi connectivity index (χ1v) is 11.3. The van der Waals surface area contributed by atoms with Crippen LogP contribution in [0.15, 0.2) is 65.7 Å². The van der Waals surface area contributed by atoms with Crippen molar-refractivity contribution in [2.75, 3.05) is 26.7 Å². The molecule has 29 heavy (non-hydrogen) atoms. The number of likely N-dealkylation sites (tertiary alicyclic amines) is 1. The molecule has 1 aromatic heterocycles. The molecule has 1 fully saturated rings. The Balaban J connectivity index is 1.60. The zero-order valence-electron chi connectivity index (χ0n) is 16.4. The summed E-state index contributed by atoms with van der Waals surface area (Å²) in [6, 6.07) is 16.7. The first kappa shape index (κ1) is 19.8. The molecule has 0 spiro atoms. The lowest BCUT2D eigenvalue weighted by Gasteiger charge is -2.28. The molecule has 2 aromatic carbocycles. The predicted molar refractivity (Wildman–Crippen MR) is 113 cm³/mol. The van der Waals surface area contributed by atoms with Crippen LogP contribution in [0.3, 0.4) is 0 Å². The van der Waals surface area contributed by atoms with Gasteiger partial charge in [-0.3, -0.25) is 9.88 Å². The summed E-state index contributed by atoms with van der Waals surface area (Å²) in [7, 11) is -2.06. The number of aromatic nitrogens is 1. The Bertz CT molecular complexity index is 1070. The van der Waals surface area contributed by atoms with Gasteiger partial charge in [0.25, 0.3) is 0 Å². The van der Waals surface area contributed by atoms with Crippen LogP contribution >= 0.6 is 0 Å². The number of hydrogen-bond donors (Lipinski definition) is 1. The first-order valence-electron chi connectivity index (χ1n) is 9.80. The summed E-state index contributed by atoms with van der Waals surface area (Å²) < 4.78 is 34.3. The molecule has 2 heterocycles. The molecule has 1 aliphatic rings. The highest BCUT2D eigenvalue weighted by Crippen LogP contribution is 2.27. The summed E-state index contributed by atoms with van der Waals surface area (Å²) in [4.78, 5) is 6.84. The topological polar surface area (TPSA) is 71.5 Å². The van der Waals surface area contributed by atoms with Gasteiger partial charge in [0.2, 0.25) is 10.0 Å². The van der Waals surface area contributed by atoms with Gasteiger partial charge in [-0.1, -0.05) is 30.3 Å². The lowest BCUT2D eigenvalue weighted by Crippen LogP contribution is -2.36. The van der Waals surface area contributed by atoms with E-state index in [2.05, 4.69) is 14.6 Å². The van der Waals surface area contributed by atoms with Crippen LogP contribution in [-0.4, -0.2) is 45.0 Å². The summed E-state index contributed by atoms with van der Waals surface area (Å²) in [6.07, 6.45) is 3.88. The lowest BCUT2D eigenvalue weighted by atomic mass is 10.1. The number of methoxy groups -OCH3 is 1. The second-order valence-corrected chi connectivity index (χ2v) is 8.95. The van der Waals surface area contributed by atoms with Crippen LogP contribution < -0.4 is 9.46 Å². The van der Waals surface area contributed by atoms with Crippen molar-refractivity contribution in [3.05, 3.63) is 66.4 Å². The number of benzene rings is 2. The van der Waals surface area contributed by atoms with E-state index in [4.69, 9.17) is 4.74 Å². The van der Waals surface area contributed by atoms with Crippen molar-refractivity contribution in [1.29, 1.82) is 0 Å². The van der Waals surface area contributed by atoms with Gasteiger partial charge in [-0.15, -0.1) is 0 Å². The fourth-order valence-corrected chi connectivity index (χ4v) is 5.11. The number of nitrogens with one attached hydrogen (secondary N) is 1. The number of rotatable bonds is 7. The molecule has 0 bridgehead atoms. The van der Waals surface area contributed by atoms with Gasteiger partial charge in [0.15, 0.2) is 0 Å². The van der Waals surface area contributed by atoms with Gasteiger partial charge in [0, 0.05) is 24.2 Å². The van der Waals surface area contributed by atoms with E-state index in [0.29, 0.717) is 12.1 Å². The smallest absolute Gasteiger partial charge is 0.242 e. The second-order valence-electron chi connectivity index (χ2n) is 7.22. The van der Waals surface area contributed by atoms with E-state index in [0.717, 1.165) is 42.6 Å². The molecule has 0 aliphatic carbocycles. The molecule has 6 nitrogen and oxygen atoms in total. The van der Waals surface area contributed by atoms with Crippen LogP contribution in [-0.2, 0) is 10.0 Å². The summed E-state index contributed by atoms with van der Waals surface area (Å²) in [6.45, 7) is 2.24. The third kappa shape index (κ3) is 4.27. The van der Waals surface area contributed by atoms with E-state index in [1.165, 1.54) is 0 Å². The molecule has 4 rings (SSSR count). The van der Waals surface area contributed by atoms with E-state index in [9.17, 15) is 8.42 Å². The van der Waals surface area contributed by atoms with Crippen molar-refractivity contribution in [3.63, 3.8) is 0 Å². The first-order chi connectivity index (χ1) is 14.1. The van der Waals surface area contributed by atoms with Gasteiger partial charge in [-0.2, -0.15) is 0 Å². The van der Waals surface area contributed by atoms with Gasteiger partial charge >= 0.3 is 0 Å². The zero-order chi connectivity index (χ0) is 20.3. The average molecular weight is 412 g/mol. The maximum Gasteiger partial charge on any atom is 0.242 e. The third-order valence-corrected chi connectivity index (χ3v) is 6.89. The number of hydrogen-bond acceptors (Lipinski definition) is 5. The fraction of sp³-hybridized carbons (Fsp3) is 0.318.